The number of benzene rings is 1. The number of aliphatic carboxylic acids is 1. The molecule has 0 radical (unpaired) electrons. The van der Waals surface area contributed by atoms with Crippen molar-refractivity contribution in [2.45, 2.75) is 31.6 Å². The van der Waals surface area contributed by atoms with Crippen LogP contribution < -0.4 is 10.6 Å². The Morgan fingerprint density at radius 1 is 1.30 bits per heavy atom. The van der Waals surface area contributed by atoms with Gasteiger partial charge < -0.3 is 15.7 Å². The molecule has 0 aromatic heterocycles. The van der Waals surface area contributed by atoms with Crippen molar-refractivity contribution in [2.75, 3.05) is 25.5 Å². The van der Waals surface area contributed by atoms with E-state index >= 15 is 0 Å². The van der Waals surface area contributed by atoms with Gasteiger partial charge in [-0.1, -0.05) is 25.0 Å². The van der Waals surface area contributed by atoms with Crippen LogP contribution in [-0.4, -0.2) is 31.7 Å². The molecule has 2 rings (SSSR count). The third-order valence-corrected chi connectivity index (χ3v) is 4.64. The second kappa shape index (κ2) is 5.83. The van der Waals surface area contributed by atoms with Crippen LogP contribution in [0.25, 0.3) is 0 Å². The molecule has 4 nitrogen and oxygen atoms in total. The standard InChI is InChI=1S/C16H24N2O2/c1-18(2)13-7-5-12(6-8-13)14(11-17)16(15(19)20)9-3-4-10-16/h5-8,14H,3-4,9-11,17H2,1-2H3,(H,19,20). The number of hydrogen-bond donors (Lipinski definition) is 2. The minimum Gasteiger partial charge on any atom is -0.481 e. The Labute approximate surface area is 120 Å². The summed E-state index contributed by atoms with van der Waals surface area (Å²) in [6.45, 7) is 0.383. The van der Waals surface area contributed by atoms with Crippen molar-refractivity contribution in [1.29, 1.82) is 0 Å². The smallest absolute Gasteiger partial charge is 0.310 e. The SMILES string of the molecule is CN(C)c1ccc(C(CN)C2(C(=O)O)CCCC2)cc1. The maximum Gasteiger partial charge on any atom is 0.310 e. The normalized spacial score (nSPS) is 18.8. The summed E-state index contributed by atoms with van der Waals surface area (Å²) in [5, 5.41) is 9.71. The van der Waals surface area contributed by atoms with Gasteiger partial charge >= 0.3 is 5.97 Å². The molecule has 1 aliphatic carbocycles. The number of carboxylic acid groups (broad SMARTS) is 1. The zero-order valence-corrected chi connectivity index (χ0v) is 12.3. The first-order chi connectivity index (χ1) is 9.51. The van der Waals surface area contributed by atoms with E-state index in [4.69, 9.17) is 5.73 Å². The number of hydrogen-bond acceptors (Lipinski definition) is 3. The van der Waals surface area contributed by atoms with E-state index < -0.39 is 11.4 Å². The zero-order valence-electron chi connectivity index (χ0n) is 12.3. The van der Waals surface area contributed by atoms with Crippen LogP contribution in [0.2, 0.25) is 0 Å². The minimum absolute atomic E-state index is 0.0984. The Balaban J connectivity index is 2.33. The van der Waals surface area contributed by atoms with Crippen molar-refractivity contribution in [1.82, 2.24) is 0 Å². The first-order valence-electron chi connectivity index (χ1n) is 7.22. The van der Waals surface area contributed by atoms with Crippen LogP contribution in [0.3, 0.4) is 0 Å². The van der Waals surface area contributed by atoms with E-state index in [1.165, 1.54) is 0 Å². The topological polar surface area (TPSA) is 66.6 Å². The van der Waals surface area contributed by atoms with Crippen LogP contribution >= 0.6 is 0 Å². The number of carboxylic acids is 1. The number of nitrogens with two attached hydrogens (primary N) is 1. The second-order valence-electron chi connectivity index (χ2n) is 5.94. The highest BCUT2D eigenvalue weighted by atomic mass is 16.4. The summed E-state index contributed by atoms with van der Waals surface area (Å²) >= 11 is 0. The third-order valence-electron chi connectivity index (χ3n) is 4.64. The summed E-state index contributed by atoms with van der Waals surface area (Å²) in [5.74, 6) is -0.791. The summed E-state index contributed by atoms with van der Waals surface area (Å²) in [5.41, 5.74) is 7.41. The largest absolute Gasteiger partial charge is 0.481 e. The Morgan fingerprint density at radius 3 is 2.25 bits per heavy atom. The van der Waals surface area contributed by atoms with Crippen molar-refractivity contribution in [3.05, 3.63) is 29.8 Å². The van der Waals surface area contributed by atoms with E-state index in [-0.39, 0.29) is 5.92 Å². The van der Waals surface area contributed by atoms with Crippen LogP contribution in [0.5, 0.6) is 0 Å². The Hall–Kier alpha value is -1.55. The first-order valence-corrected chi connectivity index (χ1v) is 7.22. The molecular weight excluding hydrogens is 252 g/mol. The summed E-state index contributed by atoms with van der Waals surface area (Å²) in [6, 6.07) is 8.11. The molecule has 0 saturated heterocycles. The molecule has 1 atom stereocenters. The van der Waals surface area contributed by atoms with Gasteiger partial charge in [-0.25, -0.2) is 0 Å². The lowest BCUT2D eigenvalue weighted by Gasteiger charge is -2.33. The summed E-state index contributed by atoms with van der Waals surface area (Å²) in [7, 11) is 3.98. The maximum atomic E-state index is 11.8. The van der Waals surface area contributed by atoms with Gasteiger partial charge in [-0.2, -0.15) is 0 Å². The molecular formula is C16H24N2O2. The van der Waals surface area contributed by atoms with Crippen LogP contribution in [0.15, 0.2) is 24.3 Å². The molecule has 1 aromatic rings. The van der Waals surface area contributed by atoms with E-state index in [1.807, 2.05) is 43.3 Å². The fourth-order valence-corrected chi connectivity index (χ4v) is 3.40. The molecule has 0 spiro atoms. The molecule has 20 heavy (non-hydrogen) atoms. The highest BCUT2D eigenvalue weighted by molar-refractivity contribution is 5.76. The Bertz CT molecular complexity index is 462. The molecule has 1 aliphatic rings. The van der Waals surface area contributed by atoms with Crippen molar-refractivity contribution < 1.29 is 9.90 Å². The van der Waals surface area contributed by atoms with E-state index in [9.17, 15) is 9.90 Å². The maximum absolute atomic E-state index is 11.8. The lowest BCUT2D eigenvalue weighted by molar-refractivity contribution is -0.150. The molecule has 0 bridgehead atoms. The van der Waals surface area contributed by atoms with Gasteiger partial charge in [-0.3, -0.25) is 4.79 Å². The first kappa shape index (κ1) is 14.9. The van der Waals surface area contributed by atoms with Gasteiger partial charge in [0.1, 0.15) is 0 Å². The highest BCUT2D eigenvalue weighted by Gasteiger charge is 2.47. The number of nitrogens with zero attached hydrogens (tertiary/aromatic N) is 1. The molecule has 3 N–H and O–H groups in total. The van der Waals surface area contributed by atoms with Crippen LogP contribution in [0, 0.1) is 5.41 Å². The zero-order chi connectivity index (χ0) is 14.8. The molecule has 1 unspecified atom stereocenters. The van der Waals surface area contributed by atoms with Gasteiger partial charge in [-0.15, -0.1) is 0 Å². The molecule has 0 aliphatic heterocycles. The highest BCUT2D eigenvalue weighted by Crippen LogP contribution is 2.48. The van der Waals surface area contributed by atoms with Gasteiger partial charge in [-0.05, 0) is 30.5 Å². The predicted molar refractivity (Wildman–Crippen MR) is 81.1 cm³/mol. The lowest BCUT2D eigenvalue weighted by Crippen LogP contribution is -2.38. The van der Waals surface area contributed by atoms with Gasteiger partial charge in [0.25, 0.3) is 0 Å². The van der Waals surface area contributed by atoms with Crippen LogP contribution in [0.4, 0.5) is 5.69 Å². The Kier molecular flexibility index (Phi) is 4.33. The van der Waals surface area contributed by atoms with E-state index in [1.54, 1.807) is 0 Å². The lowest BCUT2D eigenvalue weighted by atomic mass is 9.70. The summed E-state index contributed by atoms with van der Waals surface area (Å²) in [6.07, 6.45) is 3.44. The van der Waals surface area contributed by atoms with Crippen molar-refractivity contribution >= 4 is 11.7 Å². The molecule has 0 heterocycles. The number of rotatable bonds is 5. The Morgan fingerprint density at radius 2 is 1.85 bits per heavy atom. The summed E-state index contributed by atoms with van der Waals surface area (Å²) in [4.78, 5) is 13.8. The summed E-state index contributed by atoms with van der Waals surface area (Å²) < 4.78 is 0. The quantitative estimate of drug-likeness (QED) is 0.867. The van der Waals surface area contributed by atoms with Crippen molar-refractivity contribution in [3.63, 3.8) is 0 Å². The average molecular weight is 276 g/mol. The molecule has 4 heteroatoms. The van der Waals surface area contributed by atoms with Gasteiger partial charge in [0, 0.05) is 32.2 Å². The van der Waals surface area contributed by atoms with E-state index in [0.717, 1.165) is 36.9 Å². The van der Waals surface area contributed by atoms with Crippen LogP contribution in [0.1, 0.15) is 37.2 Å². The second-order valence-corrected chi connectivity index (χ2v) is 5.94. The average Bonchev–Trinajstić information content (AvgIpc) is 2.91. The fourth-order valence-electron chi connectivity index (χ4n) is 3.40. The fraction of sp³-hybridized carbons (Fsp3) is 0.562. The monoisotopic (exact) mass is 276 g/mol. The van der Waals surface area contributed by atoms with Gasteiger partial charge in [0.05, 0.1) is 5.41 Å². The van der Waals surface area contributed by atoms with Crippen molar-refractivity contribution in [2.24, 2.45) is 11.1 Å². The molecule has 0 amide bonds. The molecule has 1 saturated carbocycles. The number of carbonyl (C=O) groups is 1. The molecule has 110 valence electrons. The van der Waals surface area contributed by atoms with Gasteiger partial charge in [0.15, 0.2) is 0 Å². The third kappa shape index (κ3) is 2.52. The predicted octanol–water partition coefficient (Wildman–Crippen LogP) is 2.44. The molecule has 1 aromatic carbocycles. The van der Waals surface area contributed by atoms with Crippen molar-refractivity contribution in [3.8, 4) is 0 Å². The minimum atomic E-state index is -0.692. The number of anilines is 1. The molecule has 1 fully saturated rings. The van der Waals surface area contributed by atoms with Crippen LogP contribution in [-0.2, 0) is 4.79 Å². The van der Waals surface area contributed by atoms with Gasteiger partial charge in [0.2, 0.25) is 0 Å². The van der Waals surface area contributed by atoms with E-state index in [2.05, 4.69) is 0 Å². The van der Waals surface area contributed by atoms with E-state index in [0.29, 0.717) is 6.54 Å².